The molecule has 0 radical (unpaired) electrons. The molecule has 4 amide bonds. The van der Waals surface area contributed by atoms with E-state index in [2.05, 4.69) is 29.5 Å². The smallest absolute Gasteiger partial charge is 0.245 e. The fraction of sp³-hybridized carbons (Fsp3) is 0.690. The van der Waals surface area contributed by atoms with Gasteiger partial charge in [0.05, 0.1) is 48.7 Å². The number of carbonyl (C=O) groups excluding carboxylic acids is 4. The van der Waals surface area contributed by atoms with Gasteiger partial charge in [-0.25, -0.2) is 4.98 Å². The van der Waals surface area contributed by atoms with E-state index in [9.17, 15) is 19.2 Å². The molecule has 1 aliphatic heterocycles. The van der Waals surface area contributed by atoms with Gasteiger partial charge in [-0.3, -0.25) is 24.1 Å². The number of rotatable bonds is 21. The number of likely N-dealkylation sites (N-methyl/N-ethyl adjacent to an activating group) is 2. The molecule has 2 aromatic rings. The lowest BCUT2D eigenvalue weighted by Gasteiger charge is -2.41. The van der Waals surface area contributed by atoms with Crippen LogP contribution in [0.15, 0.2) is 35.8 Å². The van der Waals surface area contributed by atoms with Gasteiger partial charge in [-0.15, -0.1) is 11.3 Å². The Morgan fingerprint density at radius 3 is 2.20 bits per heavy atom. The third-order valence-electron chi connectivity index (χ3n) is 11.5. The van der Waals surface area contributed by atoms with Crippen molar-refractivity contribution in [1.29, 1.82) is 0 Å². The molecule has 0 bridgehead atoms. The lowest BCUT2D eigenvalue weighted by molar-refractivity contribution is -0.148. The van der Waals surface area contributed by atoms with Gasteiger partial charge in [0, 0.05) is 51.5 Å². The van der Waals surface area contributed by atoms with Gasteiger partial charge in [-0.2, -0.15) is 0 Å². The molecule has 3 rings (SSSR count). The van der Waals surface area contributed by atoms with Crippen LogP contribution in [0.5, 0.6) is 0 Å². The van der Waals surface area contributed by atoms with Crippen molar-refractivity contribution in [3.05, 3.63) is 46.4 Å². The summed E-state index contributed by atoms with van der Waals surface area (Å²) in [5.41, 5.74) is 7.83. The van der Waals surface area contributed by atoms with Crippen LogP contribution in [-0.4, -0.2) is 122 Å². The molecule has 2 heterocycles. The Balaban J connectivity index is 1.80. The van der Waals surface area contributed by atoms with Crippen LogP contribution in [0.4, 0.5) is 5.69 Å². The van der Waals surface area contributed by atoms with Crippen molar-refractivity contribution < 1.29 is 28.7 Å². The minimum atomic E-state index is -0.758. The van der Waals surface area contributed by atoms with E-state index in [-0.39, 0.29) is 59.9 Å². The molecule has 1 aromatic carbocycles. The summed E-state index contributed by atoms with van der Waals surface area (Å²) in [6.07, 6.45) is 3.25. The number of carbonyl (C=O) groups is 4. The summed E-state index contributed by atoms with van der Waals surface area (Å²) in [4.78, 5) is 65.9. The number of methoxy groups -OCH3 is 2. The van der Waals surface area contributed by atoms with Crippen LogP contribution in [0.3, 0.4) is 0 Å². The highest BCUT2D eigenvalue weighted by Crippen LogP contribution is 2.31. The average Bonchev–Trinajstić information content (AvgIpc) is 3.87. The first-order chi connectivity index (χ1) is 26.5. The standard InChI is InChI=1S/C42H69N7O6S/c1-13-27(6)37(48(10)42(53)35(25(2)3)46-40(52)36(26(4)5)47(8)9)33(54-11)24-34(50)49-21-16-19-32(49)38(55-12)28(7)39(51)45-31(41-44-20-22-56-41)23-29-17-14-15-18-30(29)43/h14-15,17-18,20,22,25-28,31-33,35-38H,13,16,19,21,23-24,43H2,1-12H3,(H,45,51)(H,46,52)/t27-,28+,31-,32-,33+,35-,36-,37-,38+/m0/s1. The second kappa shape index (κ2) is 21.8. The monoisotopic (exact) mass is 800 g/mol. The number of nitrogen functional groups attached to an aromatic ring is 1. The zero-order chi connectivity index (χ0) is 41.9. The predicted molar refractivity (Wildman–Crippen MR) is 223 cm³/mol. The van der Waals surface area contributed by atoms with E-state index in [4.69, 9.17) is 15.2 Å². The summed E-state index contributed by atoms with van der Waals surface area (Å²) in [7, 11) is 8.63. The fourth-order valence-corrected chi connectivity index (χ4v) is 8.95. The van der Waals surface area contributed by atoms with Crippen LogP contribution in [0.25, 0.3) is 0 Å². The van der Waals surface area contributed by atoms with Gasteiger partial charge < -0.3 is 35.6 Å². The molecule has 13 nitrogen and oxygen atoms in total. The van der Waals surface area contributed by atoms with E-state index < -0.39 is 36.3 Å². The number of aromatic nitrogens is 1. The molecule has 1 aromatic heterocycles. The van der Waals surface area contributed by atoms with Crippen LogP contribution < -0.4 is 16.4 Å². The maximum atomic E-state index is 14.3. The van der Waals surface area contributed by atoms with Crippen LogP contribution in [0, 0.1) is 23.7 Å². The van der Waals surface area contributed by atoms with Gasteiger partial charge in [-0.1, -0.05) is 73.1 Å². The number of thiazole rings is 1. The third kappa shape index (κ3) is 11.7. The molecule has 56 heavy (non-hydrogen) atoms. The number of hydrogen-bond donors (Lipinski definition) is 3. The molecular formula is C42H69N7O6S. The van der Waals surface area contributed by atoms with Crippen molar-refractivity contribution in [2.45, 2.75) is 123 Å². The zero-order valence-electron chi connectivity index (χ0n) is 35.8. The van der Waals surface area contributed by atoms with Crippen molar-refractivity contribution in [3.8, 4) is 0 Å². The maximum Gasteiger partial charge on any atom is 0.245 e. The van der Waals surface area contributed by atoms with E-state index in [1.165, 1.54) is 11.3 Å². The lowest BCUT2D eigenvalue weighted by atomic mass is 9.89. The largest absolute Gasteiger partial charge is 0.399 e. The van der Waals surface area contributed by atoms with E-state index in [0.717, 1.165) is 23.4 Å². The quantitative estimate of drug-likeness (QED) is 0.151. The molecule has 1 saturated heterocycles. The fourth-order valence-electron chi connectivity index (χ4n) is 8.26. The number of nitrogens with one attached hydrogen (secondary N) is 2. The number of amides is 4. The van der Waals surface area contributed by atoms with Gasteiger partial charge in [0.2, 0.25) is 23.6 Å². The first-order valence-corrected chi connectivity index (χ1v) is 21.0. The summed E-state index contributed by atoms with van der Waals surface area (Å²) < 4.78 is 12.1. The number of anilines is 1. The third-order valence-corrected chi connectivity index (χ3v) is 12.4. The predicted octanol–water partition coefficient (Wildman–Crippen LogP) is 4.77. The Morgan fingerprint density at radius 2 is 1.66 bits per heavy atom. The van der Waals surface area contributed by atoms with E-state index in [1.807, 2.05) is 88.2 Å². The van der Waals surface area contributed by atoms with Gasteiger partial charge in [0.15, 0.2) is 0 Å². The van der Waals surface area contributed by atoms with E-state index in [0.29, 0.717) is 25.1 Å². The van der Waals surface area contributed by atoms with Crippen LogP contribution in [0.1, 0.15) is 90.8 Å². The van der Waals surface area contributed by atoms with Gasteiger partial charge in [0.1, 0.15) is 11.0 Å². The minimum Gasteiger partial charge on any atom is -0.399 e. The highest BCUT2D eigenvalue weighted by atomic mass is 32.1. The first-order valence-electron chi connectivity index (χ1n) is 20.1. The van der Waals surface area contributed by atoms with E-state index in [1.54, 1.807) is 32.4 Å². The number of hydrogen-bond acceptors (Lipinski definition) is 10. The Labute approximate surface area is 339 Å². The highest BCUT2D eigenvalue weighted by Gasteiger charge is 2.43. The number of nitrogens with zero attached hydrogens (tertiary/aromatic N) is 4. The first kappa shape index (κ1) is 46.8. The molecule has 0 spiro atoms. The molecule has 1 aliphatic rings. The molecule has 314 valence electrons. The van der Waals surface area contributed by atoms with Crippen molar-refractivity contribution in [3.63, 3.8) is 0 Å². The zero-order valence-corrected chi connectivity index (χ0v) is 36.6. The van der Waals surface area contributed by atoms with Crippen LogP contribution in [-0.2, 0) is 35.1 Å². The van der Waals surface area contributed by atoms with Gasteiger partial charge >= 0.3 is 0 Å². The molecule has 1 fully saturated rings. The maximum absolute atomic E-state index is 14.3. The summed E-state index contributed by atoms with van der Waals surface area (Å²) in [5.74, 6) is -1.47. The average molecular weight is 800 g/mol. The number of ether oxygens (including phenoxy) is 2. The Hall–Kier alpha value is -3.59. The summed E-state index contributed by atoms with van der Waals surface area (Å²) >= 11 is 1.47. The molecule has 0 aliphatic carbocycles. The summed E-state index contributed by atoms with van der Waals surface area (Å²) in [6, 6.07) is 5.29. The second-order valence-electron chi connectivity index (χ2n) is 16.3. The molecule has 0 unspecified atom stereocenters. The number of benzene rings is 1. The second-order valence-corrected chi connectivity index (χ2v) is 17.2. The Bertz CT molecular complexity index is 1550. The Morgan fingerprint density at radius 1 is 0.982 bits per heavy atom. The molecule has 9 atom stereocenters. The molecular weight excluding hydrogens is 731 g/mol. The topological polar surface area (TPSA) is 159 Å². The summed E-state index contributed by atoms with van der Waals surface area (Å²) in [5, 5.41) is 8.92. The van der Waals surface area contributed by atoms with Crippen LogP contribution >= 0.6 is 11.3 Å². The normalized spacial score (nSPS) is 18.9. The summed E-state index contributed by atoms with van der Waals surface area (Å²) in [6.45, 7) is 14.3. The van der Waals surface area contributed by atoms with Crippen molar-refractivity contribution >= 4 is 40.7 Å². The van der Waals surface area contributed by atoms with Gasteiger partial charge in [0.25, 0.3) is 0 Å². The molecule has 0 saturated carbocycles. The van der Waals surface area contributed by atoms with Crippen molar-refractivity contribution in [1.82, 2.24) is 30.3 Å². The number of nitrogens with two attached hydrogens (primary N) is 1. The van der Waals surface area contributed by atoms with Crippen LogP contribution in [0.2, 0.25) is 0 Å². The van der Waals surface area contributed by atoms with E-state index >= 15 is 0 Å². The van der Waals surface area contributed by atoms with Gasteiger partial charge in [-0.05, 0) is 56.3 Å². The SMILES string of the molecule is CC[C@H](C)[C@@H]([C@@H](CC(=O)N1CCC[C@H]1[C@H](OC)[C@@H](C)C(=O)N[C@@H](Cc1ccccc1N)c1nccs1)OC)N(C)C(=O)[C@@H](NC(=O)[C@H](C(C)C)N(C)C)C(C)C. The van der Waals surface area contributed by atoms with Crippen molar-refractivity contribution in [2.75, 3.05) is 47.6 Å². The lowest BCUT2D eigenvalue weighted by Crippen LogP contribution is -2.59. The van der Waals surface area contributed by atoms with Crippen molar-refractivity contribution in [2.24, 2.45) is 23.7 Å². The number of para-hydroxylation sites is 1. The minimum absolute atomic E-state index is 0.0164. The molecule has 14 heteroatoms. The number of likely N-dealkylation sites (tertiary alicyclic amines) is 1. The Kier molecular flexibility index (Phi) is 18.2. The molecule has 4 N–H and O–H groups in total. The highest BCUT2D eigenvalue weighted by molar-refractivity contribution is 7.09.